The molecule has 2 N–H and O–H groups in total. The zero-order valence-corrected chi connectivity index (χ0v) is 12.8. The van der Waals surface area contributed by atoms with Crippen molar-refractivity contribution in [3.8, 4) is 11.1 Å². The summed E-state index contributed by atoms with van der Waals surface area (Å²) < 4.78 is 5.27. The van der Waals surface area contributed by atoms with Crippen LogP contribution in [0, 0.1) is 0 Å². The van der Waals surface area contributed by atoms with Crippen LogP contribution in [-0.2, 0) is 4.74 Å². The fourth-order valence-corrected chi connectivity index (χ4v) is 1.96. The largest absolute Gasteiger partial charge is 0.444 e. The van der Waals surface area contributed by atoms with E-state index in [0.29, 0.717) is 0 Å². The fourth-order valence-electron chi connectivity index (χ4n) is 1.96. The average molecular weight is 287 g/mol. The maximum Gasteiger partial charge on any atom is 0.408 e. The fraction of sp³-hybridized carbons (Fsp3) is 0.375. The molecule has 21 heavy (non-hydrogen) atoms. The monoisotopic (exact) mass is 287 g/mol. The van der Waals surface area contributed by atoms with Crippen LogP contribution in [0.15, 0.2) is 36.7 Å². The van der Waals surface area contributed by atoms with Crippen LogP contribution in [0.4, 0.5) is 4.79 Å². The summed E-state index contributed by atoms with van der Waals surface area (Å²) in [5.74, 6) is 0. The van der Waals surface area contributed by atoms with Crippen molar-refractivity contribution in [2.24, 2.45) is 0 Å². The first kappa shape index (κ1) is 15.1. The molecule has 0 spiro atoms. The third-order valence-electron chi connectivity index (χ3n) is 2.95. The van der Waals surface area contributed by atoms with Gasteiger partial charge in [-0.05, 0) is 44.9 Å². The van der Waals surface area contributed by atoms with E-state index in [0.717, 1.165) is 16.7 Å². The molecule has 1 unspecified atom stereocenters. The van der Waals surface area contributed by atoms with Gasteiger partial charge in [0.2, 0.25) is 0 Å². The number of ether oxygens (including phenoxy) is 1. The Kier molecular flexibility index (Phi) is 4.31. The molecule has 2 aromatic rings. The molecule has 1 heterocycles. The normalized spacial score (nSPS) is 12.8. The number of hydrogen-bond donors (Lipinski definition) is 2. The van der Waals surface area contributed by atoms with Gasteiger partial charge in [-0.3, -0.25) is 5.10 Å². The number of nitrogens with zero attached hydrogens (tertiary/aromatic N) is 1. The molecule has 112 valence electrons. The Bertz CT molecular complexity index is 600. The Labute approximate surface area is 124 Å². The first-order valence-electron chi connectivity index (χ1n) is 6.94. The highest BCUT2D eigenvalue weighted by Gasteiger charge is 2.18. The smallest absolute Gasteiger partial charge is 0.408 e. The van der Waals surface area contributed by atoms with Gasteiger partial charge in [-0.25, -0.2) is 4.79 Å². The minimum absolute atomic E-state index is 0.133. The number of carbonyl (C=O) groups excluding carboxylic acids is 1. The molecule has 1 aromatic carbocycles. The predicted molar refractivity (Wildman–Crippen MR) is 81.8 cm³/mol. The van der Waals surface area contributed by atoms with Crippen molar-refractivity contribution in [3.05, 3.63) is 42.2 Å². The number of aromatic nitrogens is 2. The first-order chi connectivity index (χ1) is 9.85. The van der Waals surface area contributed by atoms with Gasteiger partial charge in [0.25, 0.3) is 0 Å². The van der Waals surface area contributed by atoms with Gasteiger partial charge < -0.3 is 10.1 Å². The number of carbonyl (C=O) groups is 1. The van der Waals surface area contributed by atoms with Crippen molar-refractivity contribution in [2.45, 2.75) is 39.3 Å². The van der Waals surface area contributed by atoms with Crippen LogP contribution >= 0.6 is 0 Å². The number of benzene rings is 1. The van der Waals surface area contributed by atoms with Crippen LogP contribution in [0.3, 0.4) is 0 Å². The molecule has 1 amide bonds. The minimum atomic E-state index is -0.498. The van der Waals surface area contributed by atoms with Gasteiger partial charge >= 0.3 is 6.09 Å². The lowest BCUT2D eigenvalue weighted by Crippen LogP contribution is -2.34. The van der Waals surface area contributed by atoms with E-state index in [2.05, 4.69) is 15.5 Å². The summed E-state index contributed by atoms with van der Waals surface area (Å²) in [5, 5.41) is 9.58. The predicted octanol–water partition coefficient (Wildman–Crippen LogP) is 3.66. The molecule has 0 aliphatic heterocycles. The van der Waals surface area contributed by atoms with Gasteiger partial charge in [-0.2, -0.15) is 5.10 Å². The number of rotatable bonds is 3. The van der Waals surface area contributed by atoms with Crippen LogP contribution in [0.5, 0.6) is 0 Å². The van der Waals surface area contributed by atoms with Gasteiger partial charge in [-0.1, -0.05) is 18.2 Å². The van der Waals surface area contributed by atoms with Crippen molar-refractivity contribution >= 4 is 6.09 Å². The number of alkyl carbamates (subject to hydrolysis) is 1. The SMILES string of the molecule is CC(NC(=O)OC(C)(C)C)c1cccc(-c2cn[nH]c2)c1. The lowest BCUT2D eigenvalue weighted by atomic mass is 10.0. The van der Waals surface area contributed by atoms with Crippen LogP contribution in [0.25, 0.3) is 11.1 Å². The molecule has 1 aromatic heterocycles. The Hall–Kier alpha value is -2.30. The van der Waals surface area contributed by atoms with Gasteiger partial charge in [0.15, 0.2) is 0 Å². The second kappa shape index (κ2) is 5.99. The molecule has 5 heteroatoms. The zero-order chi connectivity index (χ0) is 15.5. The van der Waals surface area contributed by atoms with Gasteiger partial charge in [0.1, 0.15) is 5.60 Å². The summed E-state index contributed by atoms with van der Waals surface area (Å²) in [7, 11) is 0. The first-order valence-corrected chi connectivity index (χ1v) is 6.94. The van der Waals surface area contributed by atoms with Crippen molar-refractivity contribution in [1.29, 1.82) is 0 Å². The number of H-pyrrole nitrogens is 1. The number of aromatic amines is 1. The van der Waals surface area contributed by atoms with Crippen molar-refractivity contribution in [3.63, 3.8) is 0 Å². The topological polar surface area (TPSA) is 67.0 Å². The quantitative estimate of drug-likeness (QED) is 0.905. The van der Waals surface area contributed by atoms with Gasteiger partial charge in [0.05, 0.1) is 12.2 Å². The van der Waals surface area contributed by atoms with Crippen molar-refractivity contribution < 1.29 is 9.53 Å². The van der Waals surface area contributed by atoms with E-state index < -0.39 is 11.7 Å². The average Bonchev–Trinajstić information content (AvgIpc) is 2.90. The third kappa shape index (κ3) is 4.34. The molecule has 0 aliphatic carbocycles. The molecule has 0 saturated heterocycles. The molecular weight excluding hydrogens is 266 g/mol. The van der Waals surface area contributed by atoms with E-state index in [9.17, 15) is 4.79 Å². The Morgan fingerprint density at radius 3 is 2.71 bits per heavy atom. The molecule has 0 saturated carbocycles. The van der Waals surface area contributed by atoms with Crippen LogP contribution in [0.2, 0.25) is 0 Å². The lowest BCUT2D eigenvalue weighted by Gasteiger charge is -2.22. The van der Waals surface area contributed by atoms with Gasteiger partial charge in [-0.15, -0.1) is 0 Å². The zero-order valence-electron chi connectivity index (χ0n) is 12.8. The maximum atomic E-state index is 11.8. The highest BCUT2D eigenvalue weighted by atomic mass is 16.6. The number of nitrogens with one attached hydrogen (secondary N) is 2. The molecule has 0 radical (unpaired) electrons. The van der Waals surface area contributed by atoms with E-state index in [4.69, 9.17) is 4.74 Å². The van der Waals surface area contributed by atoms with Crippen molar-refractivity contribution in [1.82, 2.24) is 15.5 Å². The van der Waals surface area contributed by atoms with E-state index in [-0.39, 0.29) is 6.04 Å². The third-order valence-corrected chi connectivity index (χ3v) is 2.95. The summed E-state index contributed by atoms with van der Waals surface area (Å²) in [4.78, 5) is 11.8. The van der Waals surface area contributed by atoms with E-state index in [1.807, 2.05) is 58.2 Å². The second-order valence-corrected chi connectivity index (χ2v) is 5.98. The minimum Gasteiger partial charge on any atom is -0.444 e. The highest BCUT2D eigenvalue weighted by molar-refractivity contribution is 5.69. The summed E-state index contributed by atoms with van der Waals surface area (Å²) >= 11 is 0. The van der Waals surface area contributed by atoms with Crippen LogP contribution in [0.1, 0.15) is 39.3 Å². The van der Waals surface area contributed by atoms with Crippen LogP contribution < -0.4 is 5.32 Å². The molecular formula is C16H21N3O2. The van der Waals surface area contributed by atoms with E-state index in [1.54, 1.807) is 6.20 Å². The Morgan fingerprint density at radius 2 is 2.10 bits per heavy atom. The molecule has 2 rings (SSSR count). The summed E-state index contributed by atoms with van der Waals surface area (Å²) in [6, 6.07) is 7.85. The van der Waals surface area contributed by atoms with E-state index in [1.165, 1.54) is 0 Å². The molecule has 0 bridgehead atoms. The Morgan fingerprint density at radius 1 is 1.33 bits per heavy atom. The number of hydrogen-bond acceptors (Lipinski definition) is 3. The maximum absolute atomic E-state index is 11.8. The van der Waals surface area contributed by atoms with Crippen LogP contribution in [-0.4, -0.2) is 21.9 Å². The standard InChI is InChI=1S/C16H21N3O2/c1-11(19-15(20)21-16(2,3)4)12-6-5-7-13(8-12)14-9-17-18-10-14/h5-11H,1-4H3,(H,17,18)(H,19,20). The lowest BCUT2D eigenvalue weighted by molar-refractivity contribution is 0.0508. The van der Waals surface area contributed by atoms with Gasteiger partial charge in [0, 0.05) is 11.8 Å². The molecule has 0 fully saturated rings. The van der Waals surface area contributed by atoms with E-state index >= 15 is 0 Å². The summed E-state index contributed by atoms with van der Waals surface area (Å²) in [6.45, 7) is 7.46. The second-order valence-electron chi connectivity index (χ2n) is 5.98. The summed E-state index contributed by atoms with van der Waals surface area (Å²) in [6.07, 6.45) is 3.19. The molecule has 0 aliphatic rings. The molecule has 1 atom stereocenters. The van der Waals surface area contributed by atoms with Crippen molar-refractivity contribution in [2.75, 3.05) is 0 Å². The Balaban J connectivity index is 2.08. The highest BCUT2D eigenvalue weighted by Crippen LogP contribution is 2.22. The number of amides is 1. The molecule has 5 nitrogen and oxygen atoms in total. The summed E-state index contributed by atoms with van der Waals surface area (Å²) in [5.41, 5.74) is 2.59.